The lowest BCUT2D eigenvalue weighted by Gasteiger charge is -2.20. The molecule has 0 aliphatic heterocycles. The predicted molar refractivity (Wildman–Crippen MR) is 87.9 cm³/mol. The van der Waals surface area contributed by atoms with E-state index in [2.05, 4.69) is 31.0 Å². The van der Waals surface area contributed by atoms with Crippen molar-refractivity contribution in [3.8, 4) is 0 Å². The van der Waals surface area contributed by atoms with E-state index in [1.54, 1.807) is 0 Å². The summed E-state index contributed by atoms with van der Waals surface area (Å²) in [6.45, 7) is 18.0. The first-order chi connectivity index (χ1) is 9.26. The highest BCUT2D eigenvalue weighted by Crippen LogP contribution is 1.97. The van der Waals surface area contributed by atoms with Crippen LogP contribution in [-0.4, -0.2) is 43.9 Å². The number of likely N-dealkylation sites (N-methyl/N-ethyl adjacent to an activating group) is 1. The van der Waals surface area contributed by atoms with E-state index in [4.69, 9.17) is 0 Å². The van der Waals surface area contributed by atoms with Crippen LogP contribution >= 0.6 is 0 Å². The minimum absolute atomic E-state index is 0.483. The monoisotopic (exact) mass is 274 g/mol. The van der Waals surface area contributed by atoms with Gasteiger partial charge in [-0.1, -0.05) is 48.0 Å². The Hall–Kier alpha value is -0.410. The Morgan fingerprint density at radius 2 is 1.42 bits per heavy atom. The van der Waals surface area contributed by atoms with Gasteiger partial charge in [0.15, 0.2) is 0 Å². The van der Waals surface area contributed by atoms with E-state index in [9.17, 15) is 4.79 Å². The summed E-state index contributed by atoms with van der Waals surface area (Å²) >= 11 is 0. The Bertz CT molecular complexity index is 135. The molecule has 0 spiro atoms. The van der Waals surface area contributed by atoms with Gasteiger partial charge in [0, 0.05) is 0 Å². The molecule has 0 fully saturated rings. The maximum Gasteiger partial charge on any atom is 0.133 e. The number of unbranched alkanes of at least 4 members (excludes halogenated alkanes) is 1. The van der Waals surface area contributed by atoms with Crippen molar-refractivity contribution in [3.05, 3.63) is 0 Å². The second kappa shape index (κ2) is 26.2. The molecule has 0 unspecified atom stereocenters. The van der Waals surface area contributed by atoms with Crippen LogP contribution in [0.3, 0.4) is 0 Å². The van der Waals surface area contributed by atoms with Crippen molar-refractivity contribution in [2.24, 2.45) is 0 Å². The minimum Gasteiger partial charge on any atom is -0.311 e. The Morgan fingerprint density at radius 3 is 1.68 bits per heavy atom. The van der Waals surface area contributed by atoms with Gasteiger partial charge in [0.1, 0.15) is 6.29 Å². The minimum atomic E-state index is 0.483. The zero-order chi connectivity index (χ0) is 15.4. The highest BCUT2D eigenvalue weighted by Gasteiger charge is 1.99. The number of aldehydes is 1. The molecule has 3 heteroatoms. The van der Waals surface area contributed by atoms with Gasteiger partial charge in [0.25, 0.3) is 0 Å². The van der Waals surface area contributed by atoms with Crippen molar-refractivity contribution in [1.29, 1.82) is 0 Å². The first-order valence-corrected chi connectivity index (χ1v) is 8.13. The van der Waals surface area contributed by atoms with Gasteiger partial charge in [-0.05, 0) is 45.4 Å². The molecule has 0 aliphatic rings. The molecule has 0 atom stereocenters. The molecule has 0 saturated heterocycles. The van der Waals surface area contributed by atoms with E-state index in [0.29, 0.717) is 6.54 Å². The lowest BCUT2D eigenvalue weighted by molar-refractivity contribution is -0.107. The molecular weight excluding hydrogens is 236 g/mol. The van der Waals surface area contributed by atoms with Gasteiger partial charge >= 0.3 is 0 Å². The quantitative estimate of drug-likeness (QED) is 0.486. The average molecular weight is 274 g/mol. The van der Waals surface area contributed by atoms with Gasteiger partial charge in [-0.2, -0.15) is 0 Å². The number of nitrogens with one attached hydrogen (secondary N) is 1. The zero-order valence-corrected chi connectivity index (χ0v) is 14.3. The number of hydrogen-bond donors (Lipinski definition) is 1. The summed E-state index contributed by atoms with van der Waals surface area (Å²) in [7, 11) is 0. The van der Waals surface area contributed by atoms with Gasteiger partial charge in [-0.15, -0.1) is 0 Å². The average Bonchev–Trinajstić information content (AvgIpc) is 2.46. The highest BCUT2D eigenvalue weighted by molar-refractivity contribution is 5.51. The van der Waals surface area contributed by atoms with Crippen molar-refractivity contribution in [2.45, 2.75) is 67.2 Å². The number of hydrogen-bond acceptors (Lipinski definition) is 3. The lowest BCUT2D eigenvalue weighted by atomic mass is 10.3. The summed E-state index contributed by atoms with van der Waals surface area (Å²) in [5, 5.41) is 2.83. The van der Waals surface area contributed by atoms with E-state index in [1.807, 2.05) is 20.8 Å². The Balaban J connectivity index is -0.000000271. The van der Waals surface area contributed by atoms with Gasteiger partial charge in [-0.3, -0.25) is 0 Å². The van der Waals surface area contributed by atoms with Crippen LogP contribution < -0.4 is 5.32 Å². The van der Waals surface area contributed by atoms with E-state index < -0.39 is 0 Å². The van der Waals surface area contributed by atoms with Crippen LogP contribution in [-0.2, 0) is 4.79 Å². The fourth-order valence-corrected chi connectivity index (χ4v) is 1.55. The van der Waals surface area contributed by atoms with Gasteiger partial charge in [0.05, 0.1) is 6.54 Å². The summed E-state index contributed by atoms with van der Waals surface area (Å²) < 4.78 is 0. The zero-order valence-electron chi connectivity index (χ0n) is 14.3. The van der Waals surface area contributed by atoms with Crippen LogP contribution in [0, 0.1) is 0 Å². The Labute approximate surface area is 122 Å². The molecule has 3 nitrogen and oxygen atoms in total. The van der Waals surface area contributed by atoms with E-state index >= 15 is 0 Å². The molecule has 0 aromatic heterocycles. The van der Waals surface area contributed by atoms with Crippen LogP contribution in [0.25, 0.3) is 0 Å². The van der Waals surface area contributed by atoms with E-state index in [-0.39, 0.29) is 0 Å². The van der Waals surface area contributed by atoms with Gasteiger partial charge in [-0.25, -0.2) is 0 Å². The van der Waals surface area contributed by atoms with E-state index in [1.165, 1.54) is 45.3 Å². The largest absolute Gasteiger partial charge is 0.311 e. The van der Waals surface area contributed by atoms with Gasteiger partial charge in [0.2, 0.25) is 0 Å². The molecule has 0 aliphatic carbocycles. The first-order valence-electron chi connectivity index (χ1n) is 8.13. The van der Waals surface area contributed by atoms with Crippen LogP contribution in [0.4, 0.5) is 0 Å². The maximum absolute atomic E-state index is 9.50. The SMILES string of the molecule is CC.CCCCN(CCC)CCC.CCNCC=O. The molecular formula is C16H38N2O. The van der Waals surface area contributed by atoms with Crippen molar-refractivity contribution < 1.29 is 4.79 Å². The predicted octanol–water partition coefficient (Wildman–Crippen LogP) is 3.73. The Kier molecular flexibility index (Phi) is 32.7. The van der Waals surface area contributed by atoms with Crippen molar-refractivity contribution in [1.82, 2.24) is 10.2 Å². The smallest absolute Gasteiger partial charge is 0.133 e. The van der Waals surface area contributed by atoms with E-state index in [0.717, 1.165) is 12.8 Å². The van der Waals surface area contributed by atoms with Crippen LogP contribution in [0.1, 0.15) is 67.2 Å². The molecule has 0 bridgehead atoms. The maximum atomic E-state index is 9.50. The fourth-order valence-electron chi connectivity index (χ4n) is 1.55. The summed E-state index contributed by atoms with van der Waals surface area (Å²) in [5.74, 6) is 0. The molecule has 0 aromatic rings. The standard InChI is InChI=1S/C10H23N.C4H9NO.C2H6/c1-4-7-10-11(8-5-2)9-6-3;1-2-5-3-4-6;1-2/h4-10H2,1-3H3;4-5H,2-3H2,1H3;1-2H3. The third-order valence-electron chi connectivity index (χ3n) is 2.39. The molecule has 118 valence electrons. The summed E-state index contributed by atoms with van der Waals surface area (Å²) in [6.07, 6.45) is 6.13. The second-order valence-corrected chi connectivity index (χ2v) is 4.17. The lowest BCUT2D eigenvalue weighted by Crippen LogP contribution is -2.26. The third-order valence-corrected chi connectivity index (χ3v) is 2.39. The fraction of sp³-hybridized carbons (Fsp3) is 0.938. The summed E-state index contributed by atoms with van der Waals surface area (Å²) in [6, 6.07) is 0. The third kappa shape index (κ3) is 27.0. The number of rotatable bonds is 10. The normalized spacial score (nSPS) is 9.21. The number of carbonyl (C=O) groups excluding carboxylic acids is 1. The molecule has 1 N–H and O–H groups in total. The topological polar surface area (TPSA) is 32.3 Å². The summed E-state index contributed by atoms with van der Waals surface area (Å²) in [5.41, 5.74) is 0. The van der Waals surface area contributed by atoms with Crippen LogP contribution in [0.5, 0.6) is 0 Å². The van der Waals surface area contributed by atoms with Crippen molar-refractivity contribution >= 4 is 6.29 Å². The van der Waals surface area contributed by atoms with Crippen molar-refractivity contribution in [3.63, 3.8) is 0 Å². The molecule has 0 heterocycles. The number of nitrogens with zero attached hydrogens (tertiary/aromatic N) is 1. The number of carbonyl (C=O) groups is 1. The molecule has 0 saturated carbocycles. The van der Waals surface area contributed by atoms with Gasteiger partial charge < -0.3 is 15.0 Å². The second-order valence-electron chi connectivity index (χ2n) is 4.17. The van der Waals surface area contributed by atoms with Crippen LogP contribution in [0.15, 0.2) is 0 Å². The van der Waals surface area contributed by atoms with Crippen LogP contribution in [0.2, 0.25) is 0 Å². The molecule has 0 radical (unpaired) electrons. The molecule has 0 rings (SSSR count). The first kappa shape index (κ1) is 23.7. The molecule has 0 amide bonds. The summed E-state index contributed by atoms with van der Waals surface area (Å²) in [4.78, 5) is 12.1. The van der Waals surface area contributed by atoms with Crippen molar-refractivity contribution in [2.75, 3.05) is 32.7 Å². The molecule has 19 heavy (non-hydrogen) atoms. The molecule has 0 aromatic carbocycles. The highest BCUT2D eigenvalue weighted by atomic mass is 16.1. The Morgan fingerprint density at radius 1 is 0.895 bits per heavy atom.